The third-order valence-corrected chi connectivity index (χ3v) is 5.52. The van der Waals surface area contributed by atoms with Gasteiger partial charge in [-0.15, -0.1) is 0 Å². The highest BCUT2D eigenvalue weighted by molar-refractivity contribution is 5.92. The lowest BCUT2D eigenvalue weighted by atomic mass is 10.1. The van der Waals surface area contributed by atoms with Crippen LogP contribution in [0.5, 0.6) is 5.75 Å². The maximum atomic E-state index is 13.0. The van der Waals surface area contributed by atoms with Gasteiger partial charge in [0.2, 0.25) is 0 Å². The number of nitrogens with zero attached hydrogens (tertiary/aromatic N) is 4. The van der Waals surface area contributed by atoms with Crippen LogP contribution in [0, 0.1) is 6.92 Å². The van der Waals surface area contributed by atoms with Crippen molar-refractivity contribution in [2.75, 3.05) is 38.2 Å². The third-order valence-electron chi connectivity index (χ3n) is 5.52. The lowest BCUT2D eigenvalue weighted by Crippen LogP contribution is -2.49. The number of benzene rings is 2. The number of anilines is 1. The number of amides is 1. The van der Waals surface area contributed by atoms with Gasteiger partial charge >= 0.3 is 0 Å². The molecule has 0 bridgehead atoms. The van der Waals surface area contributed by atoms with Crippen molar-refractivity contribution in [3.8, 4) is 5.75 Å². The fourth-order valence-electron chi connectivity index (χ4n) is 3.68. The Balaban J connectivity index is 1.44. The molecule has 0 spiro atoms. The molecule has 1 aliphatic rings. The van der Waals surface area contributed by atoms with Crippen molar-refractivity contribution in [1.82, 2.24) is 14.7 Å². The van der Waals surface area contributed by atoms with E-state index in [1.54, 1.807) is 12.0 Å². The second-order valence-electron chi connectivity index (χ2n) is 7.68. The van der Waals surface area contributed by atoms with Gasteiger partial charge in [0, 0.05) is 44.0 Å². The lowest BCUT2D eigenvalue weighted by molar-refractivity contribution is 0.0738. The summed E-state index contributed by atoms with van der Waals surface area (Å²) in [4.78, 5) is 29.3. The van der Waals surface area contributed by atoms with Gasteiger partial charge in [-0.25, -0.2) is 4.68 Å². The molecule has 160 valence electrons. The molecule has 31 heavy (non-hydrogen) atoms. The summed E-state index contributed by atoms with van der Waals surface area (Å²) in [6.45, 7) is 4.98. The Kier molecular flexibility index (Phi) is 6.02. The van der Waals surface area contributed by atoms with E-state index in [4.69, 9.17) is 4.74 Å². The van der Waals surface area contributed by atoms with Gasteiger partial charge in [-0.3, -0.25) is 9.59 Å². The molecule has 0 unspecified atom stereocenters. The second-order valence-corrected chi connectivity index (χ2v) is 7.68. The van der Waals surface area contributed by atoms with Crippen molar-refractivity contribution in [2.24, 2.45) is 0 Å². The molecule has 1 aliphatic heterocycles. The summed E-state index contributed by atoms with van der Waals surface area (Å²) in [6.07, 6.45) is 0. The van der Waals surface area contributed by atoms with Crippen LogP contribution in [0.15, 0.2) is 65.5 Å². The fourth-order valence-corrected chi connectivity index (χ4v) is 3.68. The van der Waals surface area contributed by atoms with Crippen molar-refractivity contribution < 1.29 is 9.53 Å². The smallest absolute Gasteiger partial charge is 0.274 e. The van der Waals surface area contributed by atoms with Gasteiger partial charge in [0.05, 0.1) is 13.7 Å². The average molecular weight is 418 g/mol. The number of aryl methyl sites for hydroxylation is 1. The quantitative estimate of drug-likeness (QED) is 0.637. The number of hydrogen-bond donors (Lipinski definition) is 0. The molecule has 0 radical (unpaired) electrons. The van der Waals surface area contributed by atoms with Gasteiger partial charge < -0.3 is 14.5 Å². The first-order valence-corrected chi connectivity index (χ1v) is 10.4. The summed E-state index contributed by atoms with van der Waals surface area (Å²) in [5.74, 6) is 0.666. The summed E-state index contributed by atoms with van der Waals surface area (Å²) in [6, 6.07) is 18.8. The van der Waals surface area contributed by atoms with Crippen molar-refractivity contribution >= 4 is 11.6 Å². The number of methoxy groups -OCH3 is 1. The average Bonchev–Trinajstić information content (AvgIpc) is 2.81. The number of ether oxygens (including phenoxy) is 1. The largest absolute Gasteiger partial charge is 0.497 e. The van der Waals surface area contributed by atoms with Gasteiger partial charge in [-0.2, -0.15) is 5.10 Å². The molecule has 0 atom stereocenters. The molecule has 0 aliphatic carbocycles. The summed E-state index contributed by atoms with van der Waals surface area (Å²) < 4.78 is 6.66. The standard InChI is InChI=1S/C24H26N4O3/c1-18-6-8-19(9-7-18)17-28-23(29)11-10-22(25-28)24(30)27-14-12-26(13-15-27)20-4-3-5-21(16-20)31-2/h3-11,16H,12-15,17H2,1-2H3. The molecule has 1 aromatic heterocycles. The minimum atomic E-state index is -0.222. The number of rotatable bonds is 5. The molecular weight excluding hydrogens is 392 g/mol. The van der Waals surface area contributed by atoms with E-state index in [-0.39, 0.29) is 11.5 Å². The normalized spacial score (nSPS) is 13.9. The van der Waals surface area contributed by atoms with Crippen LogP contribution >= 0.6 is 0 Å². The minimum absolute atomic E-state index is 0.150. The zero-order valence-corrected chi connectivity index (χ0v) is 17.8. The predicted molar refractivity (Wildman–Crippen MR) is 120 cm³/mol. The van der Waals surface area contributed by atoms with Crippen molar-refractivity contribution in [3.63, 3.8) is 0 Å². The predicted octanol–water partition coefficient (Wildman–Crippen LogP) is 2.57. The van der Waals surface area contributed by atoms with Crippen LogP contribution in [0.4, 0.5) is 5.69 Å². The third kappa shape index (κ3) is 4.77. The maximum Gasteiger partial charge on any atom is 0.274 e. The number of hydrogen-bond acceptors (Lipinski definition) is 5. The zero-order chi connectivity index (χ0) is 21.8. The topological polar surface area (TPSA) is 67.7 Å². The van der Waals surface area contributed by atoms with Crippen molar-refractivity contribution in [3.05, 3.63) is 87.8 Å². The molecule has 1 fully saturated rings. The fraction of sp³-hybridized carbons (Fsp3) is 0.292. The highest BCUT2D eigenvalue weighted by Gasteiger charge is 2.24. The van der Waals surface area contributed by atoms with E-state index >= 15 is 0 Å². The highest BCUT2D eigenvalue weighted by Crippen LogP contribution is 2.22. The molecule has 1 amide bonds. The van der Waals surface area contributed by atoms with Crippen LogP contribution < -0.4 is 15.2 Å². The molecule has 7 heteroatoms. The minimum Gasteiger partial charge on any atom is -0.497 e. The Morgan fingerprint density at radius 2 is 1.74 bits per heavy atom. The Bertz CT molecular complexity index is 1120. The zero-order valence-electron chi connectivity index (χ0n) is 17.8. The first-order chi connectivity index (χ1) is 15.0. The molecule has 4 rings (SSSR count). The van der Waals surface area contributed by atoms with E-state index in [1.807, 2.05) is 55.5 Å². The molecule has 1 saturated heterocycles. The van der Waals surface area contributed by atoms with Gasteiger partial charge in [0.25, 0.3) is 11.5 Å². The van der Waals surface area contributed by atoms with Crippen LogP contribution in [-0.2, 0) is 6.54 Å². The highest BCUT2D eigenvalue weighted by atomic mass is 16.5. The first-order valence-electron chi connectivity index (χ1n) is 10.4. The number of carbonyl (C=O) groups is 1. The van der Waals surface area contributed by atoms with Crippen LogP contribution in [0.2, 0.25) is 0 Å². The van der Waals surface area contributed by atoms with E-state index in [2.05, 4.69) is 10.00 Å². The molecule has 0 N–H and O–H groups in total. The molecule has 7 nitrogen and oxygen atoms in total. The van der Waals surface area contributed by atoms with Gasteiger partial charge in [-0.05, 0) is 30.7 Å². The Morgan fingerprint density at radius 1 is 1.00 bits per heavy atom. The van der Waals surface area contributed by atoms with Crippen molar-refractivity contribution in [2.45, 2.75) is 13.5 Å². The number of carbonyl (C=O) groups excluding carboxylic acids is 1. The summed E-state index contributed by atoms with van der Waals surface area (Å²) in [7, 11) is 1.65. The van der Waals surface area contributed by atoms with Crippen molar-refractivity contribution in [1.29, 1.82) is 0 Å². The van der Waals surface area contributed by atoms with E-state index in [1.165, 1.54) is 16.8 Å². The van der Waals surface area contributed by atoms with E-state index in [0.717, 1.165) is 35.7 Å². The summed E-state index contributed by atoms with van der Waals surface area (Å²) in [5, 5.41) is 4.35. The van der Waals surface area contributed by atoms with Crippen LogP contribution in [0.25, 0.3) is 0 Å². The van der Waals surface area contributed by atoms with E-state index in [0.29, 0.717) is 25.3 Å². The van der Waals surface area contributed by atoms with Crippen LogP contribution in [0.3, 0.4) is 0 Å². The first kappa shape index (κ1) is 20.7. The van der Waals surface area contributed by atoms with Crippen LogP contribution in [0.1, 0.15) is 21.6 Å². The maximum absolute atomic E-state index is 13.0. The van der Waals surface area contributed by atoms with Crippen LogP contribution in [-0.4, -0.2) is 53.9 Å². The Labute approximate surface area is 181 Å². The number of piperazine rings is 1. The Hall–Kier alpha value is -3.61. The SMILES string of the molecule is COc1cccc(N2CCN(C(=O)c3ccc(=O)n(Cc4ccc(C)cc4)n3)CC2)c1. The Morgan fingerprint density at radius 3 is 2.45 bits per heavy atom. The lowest BCUT2D eigenvalue weighted by Gasteiger charge is -2.36. The molecule has 3 aromatic rings. The summed E-state index contributed by atoms with van der Waals surface area (Å²) in [5.41, 5.74) is 3.27. The van der Waals surface area contributed by atoms with E-state index in [9.17, 15) is 9.59 Å². The molecule has 0 saturated carbocycles. The molecule has 2 heterocycles. The summed E-state index contributed by atoms with van der Waals surface area (Å²) >= 11 is 0. The van der Waals surface area contributed by atoms with Gasteiger partial charge in [-0.1, -0.05) is 35.9 Å². The van der Waals surface area contributed by atoms with Gasteiger partial charge in [0.15, 0.2) is 0 Å². The van der Waals surface area contributed by atoms with Gasteiger partial charge in [0.1, 0.15) is 11.4 Å². The van der Waals surface area contributed by atoms with E-state index < -0.39 is 0 Å². The molecular formula is C24H26N4O3. The number of aromatic nitrogens is 2. The second kappa shape index (κ2) is 9.04. The monoisotopic (exact) mass is 418 g/mol. The molecule has 2 aromatic carbocycles.